The molecular formula is C56H63BrIMgN2O4-. The Morgan fingerprint density at radius 1 is 0.662 bits per heavy atom. The van der Waals surface area contributed by atoms with Crippen molar-refractivity contribution in [2.75, 3.05) is 19.8 Å². The van der Waals surface area contributed by atoms with Crippen LogP contribution in [0.25, 0.3) is 65.9 Å². The SMILES string of the molecule is C.C1CCOC1.CC(C)c1cccc2nc(-c3cccc4cccc(C(C)(C)O)c34)ccc12.CCOC(=O)c1cccc2cccc(-c3ccc4c(C(C)C)cccc4n3)c12.[Br-].[CH3-].[I-].[Mg+2]. The number of carbonyl (C=O) groups is 1. The largest absolute Gasteiger partial charge is 2.00 e. The van der Waals surface area contributed by atoms with Crippen molar-refractivity contribution in [3.63, 3.8) is 0 Å². The number of halogens is 2. The number of nitrogens with zero attached hydrogens (tertiary/aromatic N) is 2. The van der Waals surface area contributed by atoms with Crippen LogP contribution in [0.3, 0.4) is 0 Å². The normalized spacial score (nSPS) is 11.8. The van der Waals surface area contributed by atoms with E-state index in [9.17, 15) is 9.90 Å². The van der Waals surface area contributed by atoms with Gasteiger partial charge in [0, 0.05) is 40.5 Å². The molecule has 9 heteroatoms. The van der Waals surface area contributed by atoms with Gasteiger partial charge in [-0.2, -0.15) is 0 Å². The third kappa shape index (κ3) is 13.1. The van der Waals surface area contributed by atoms with Crippen molar-refractivity contribution >= 4 is 72.4 Å². The number of aromatic nitrogens is 2. The Balaban J connectivity index is 0.000000376. The molecule has 0 saturated carbocycles. The minimum atomic E-state index is -0.919. The summed E-state index contributed by atoms with van der Waals surface area (Å²) in [6.45, 7) is 16.7. The first kappa shape index (κ1) is 57.2. The Bertz CT molecular complexity index is 2780. The quantitative estimate of drug-likeness (QED) is 0.0750. The van der Waals surface area contributed by atoms with Gasteiger partial charge in [0.2, 0.25) is 0 Å². The number of hydrogen-bond donors (Lipinski definition) is 1. The second-order valence-corrected chi connectivity index (χ2v) is 16.5. The average Bonchev–Trinajstić information content (AvgIpc) is 3.85. The van der Waals surface area contributed by atoms with E-state index in [2.05, 4.69) is 100 Å². The van der Waals surface area contributed by atoms with Gasteiger partial charge in [0.1, 0.15) is 0 Å². The first-order valence-electron chi connectivity index (χ1n) is 21.3. The minimum Gasteiger partial charge on any atom is -1.00 e. The van der Waals surface area contributed by atoms with Crippen molar-refractivity contribution in [3.05, 3.63) is 163 Å². The van der Waals surface area contributed by atoms with E-state index < -0.39 is 5.60 Å². The summed E-state index contributed by atoms with van der Waals surface area (Å²) in [6.07, 6.45) is 2.56. The molecule has 6 nitrogen and oxygen atoms in total. The van der Waals surface area contributed by atoms with Gasteiger partial charge in [-0.1, -0.05) is 138 Å². The van der Waals surface area contributed by atoms with Crippen LogP contribution in [-0.4, -0.2) is 63.9 Å². The monoisotopic (exact) mass is 1060 g/mol. The number of ether oxygens (including phenoxy) is 2. The molecule has 65 heavy (non-hydrogen) atoms. The first-order chi connectivity index (χ1) is 29.0. The number of aliphatic hydroxyl groups is 1. The molecule has 0 radical (unpaired) electrons. The molecule has 1 N–H and O–H groups in total. The topological polar surface area (TPSA) is 81.5 Å². The average molecular weight is 1060 g/mol. The van der Waals surface area contributed by atoms with Crippen LogP contribution in [0.15, 0.2) is 133 Å². The van der Waals surface area contributed by atoms with Crippen LogP contribution in [0, 0.1) is 7.43 Å². The second kappa shape index (κ2) is 25.8. The van der Waals surface area contributed by atoms with Crippen LogP contribution in [0.1, 0.15) is 108 Å². The van der Waals surface area contributed by atoms with E-state index in [4.69, 9.17) is 19.4 Å². The Kier molecular flexibility index (Phi) is 22.7. The number of hydrogen-bond acceptors (Lipinski definition) is 6. The second-order valence-electron chi connectivity index (χ2n) is 16.5. The maximum absolute atomic E-state index is 12.5. The van der Waals surface area contributed by atoms with Gasteiger partial charge < -0.3 is 63.0 Å². The Hall–Kier alpha value is -3.97. The third-order valence-corrected chi connectivity index (χ3v) is 11.1. The summed E-state index contributed by atoms with van der Waals surface area (Å²) < 4.78 is 10.2. The molecule has 0 spiro atoms. The summed E-state index contributed by atoms with van der Waals surface area (Å²) in [5.74, 6) is 0.591. The van der Waals surface area contributed by atoms with Crippen molar-refractivity contribution in [3.8, 4) is 22.5 Å². The van der Waals surface area contributed by atoms with Gasteiger partial charge >= 0.3 is 29.0 Å². The first-order valence-corrected chi connectivity index (χ1v) is 21.3. The van der Waals surface area contributed by atoms with E-state index in [1.165, 1.54) is 34.7 Å². The molecule has 0 bridgehead atoms. The zero-order valence-corrected chi connectivity index (χ0v) is 43.6. The van der Waals surface area contributed by atoms with Crippen LogP contribution >= 0.6 is 0 Å². The molecule has 1 aliphatic heterocycles. The van der Waals surface area contributed by atoms with E-state index in [0.29, 0.717) is 24.0 Å². The summed E-state index contributed by atoms with van der Waals surface area (Å²) in [4.78, 5) is 22.4. The molecule has 2 aromatic heterocycles. The number of rotatable bonds is 7. The molecule has 3 heterocycles. The van der Waals surface area contributed by atoms with E-state index in [1.54, 1.807) is 0 Å². The van der Waals surface area contributed by atoms with Crippen LogP contribution in [0.2, 0.25) is 0 Å². The fourth-order valence-electron chi connectivity index (χ4n) is 8.17. The summed E-state index contributed by atoms with van der Waals surface area (Å²) in [6, 6.07) is 45.2. The van der Waals surface area contributed by atoms with E-state index in [-0.39, 0.29) is 84.8 Å². The van der Waals surface area contributed by atoms with Crippen LogP contribution < -0.4 is 41.0 Å². The van der Waals surface area contributed by atoms with Crippen LogP contribution in [0.5, 0.6) is 0 Å². The van der Waals surface area contributed by atoms with Crippen molar-refractivity contribution < 1.29 is 60.3 Å². The number of carbonyl (C=O) groups excluding carboxylic acids is 1. The zero-order valence-electron chi connectivity index (χ0n) is 38.4. The van der Waals surface area contributed by atoms with Gasteiger partial charge in [0.15, 0.2) is 0 Å². The van der Waals surface area contributed by atoms with Crippen LogP contribution in [-0.2, 0) is 15.1 Å². The summed E-state index contributed by atoms with van der Waals surface area (Å²) >= 11 is 0. The molecule has 1 aliphatic rings. The molecule has 0 aliphatic carbocycles. The molecule has 0 amide bonds. The van der Waals surface area contributed by atoms with Crippen molar-refractivity contribution in [2.24, 2.45) is 0 Å². The Morgan fingerprint density at radius 2 is 1.09 bits per heavy atom. The van der Waals surface area contributed by atoms with Gasteiger partial charge in [0.05, 0.1) is 40.2 Å². The fourth-order valence-corrected chi connectivity index (χ4v) is 8.17. The van der Waals surface area contributed by atoms with Gasteiger partial charge in [-0.05, 0) is 109 Å². The van der Waals surface area contributed by atoms with Crippen molar-refractivity contribution in [1.82, 2.24) is 9.97 Å². The van der Waals surface area contributed by atoms with Gasteiger partial charge in [0.25, 0.3) is 0 Å². The van der Waals surface area contributed by atoms with Gasteiger partial charge in [-0.3, -0.25) is 0 Å². The molecular weight excluding hydrogens is 996 g/mol. The van der Waals surface area contributed by atoms with Gasteiger partial charge in [-0.25, -0.2) is 14.8 Å². The third-order valence-electron chi connectivity index (χ3n) is 11.1. The number of esters is 1. The molecule has 8 aromatic rings. The standard InChI is InChI=1S/C25H23NO2.C25H25NO.C4H8O.CH4.CH3.BrH.HI.Mg/c1-4-28-25(27)21-12-6-9-17-8-5-11-20(24(17)21)23-15-14-19-18(16(2)3)10-7-13-22(19)26-23;1-16(2)18-10-7-13-22-19(18)14-15-23(26-22)20-11-5-8-17-9-6-12-21(24(17)20)25(3,4)27;1-2-4-5-3-1;;;;;/h5-16H,4H2,1-3H3;5-16,27H,1-4H3;1-4H2;1H4;1H3;2*1H;/q;;;;-1;;;+2/p-2. The summed E-state index contributed by atoms with van der Waals surface area (Å²) in [5.41, 5.74) is 8.97. The smallest absolute Gasteiger partial charge is 1.00 e. The molecule has 0 atom stereocenters. The zero-order chi connectivity index (χ0) is 42.4. The number of benzene rings is 6. The molecule has 9 rings (SSSR count). The Morgan fingerprint density at radius 3 is 1.52 bits per heavy atom. The number of pyridine rings is 2. The molecule has 1 saturated heterocycles. The predicted molar refractivity (Wildman–Crippen MR) is 268 cm³/mol. The Labute approximate surface area is 430 Å². The van der Waals surface area contributed by atoms with E-state index in [0.717, 1.165) is 73.9 Å². The van der Waals surface area contributed by atoms with Crippen molar-refractivity contribution in [2.45, 2.75) is 86.2 Å². The fraction of sp³-hybridized carbons (Fsp3) is 0.286. The summed E-state index contributed by atoms with van der Waals surface area (Å²) in [5, 5.41) is 17.2. The molecule has 0 unspecified atom stereocenters. The van der Waals surface area contributed by atoms with E-state index in [1.807, 2.05) is 81.4 Å². The maximum atomic E-state index is 12.5. The molecule has 338 valence electrons. The number of fused-ring (bicyclic) bond motifs is 4. The van der Waals surface area contributed by atoms with Gasteiger partial charge in [-0.15, -0.1) is 0 Å². The summed E-state index contributed by atoms with van der Waals surface area (Å²) in [7, 11) is 0. The van der Waals surface area contributed by atoms with E-state index >= 15 is 0 Å². The maximum Gasteiger partial charge on any atom is 2.00 e. The predicted octanol–water partition coefficient (Wildman–Crippen LogP) is 8.27. The minimum absolute atomic E-state index is 0. The molecule has 6 aromatic carbocycles. The van der Waals surface area contributed by atoms with Crippen LogP contribution in [0.4, 0.5) is 0 Å². The molecule has 1 fully saturated rings. The van der Waals surface area contributed by atoms with Crippen molar-refractivity contribution in [1.29, 1.82) is 0 Å².